The Morgan fingerprint density at radius 2 is 1.88 bits per heavy atom. The number of imidazole rings is 1. The van der Waals surface area contributed by atoms with Crippen LogP contribution >= 0.6 is 0 Å². The number of carbonyl (C=O) groups is 1. The number of hydrogen-bond donors (Lipinski definition) is 1. The molecule has 24 heavy (non-hydrogen) atoms. The van der Waals surface area contributed by atoms with E-state index in [2.05, 4.69) is 14.9 Å². The lowest BCUT2D eigenvalue weighted by atomic mass is 10.3. The van der Waals surface area contributed by atoms with Crippen LogP contribution in [0.15, 0.2) is 9.59 Å². The van der Waals surface area contributed by atoms with Gasteiger partial charge in [-0.15, -0.1) is 0 Å². The van der Waals surface area contributed by atoms with Crippen LogP contribution in [0.1, 0.15) is 19.2 Å². The Hall–Kier alpha value is -2.42. The monoisotopic (exact) mass is 334 g/mol. The maximum atomic E-state index is 12.1. The minimum absolute atomic E-state index is 0.0983. The second-order valence-electron chi connectivity index (χ2n) is 6.21. The lowest BCUT2D eigenvalue weighted by Gasteiger charge is -2.20. The van der Waals surface area contributed by atoms with Crippen molar-refractivity contribution >= 4 is 17.1 Å². The SMILES string of the molecule is CC(=O)N1CCCN(Cc2nc3c(c(=O)[nH]c(=O)n3C)n2C)CC1. The average molecular weight is 334 g/mol. The first-order valence-electron chi connectivity index (χ1n) is 8.01. The predicted octanol–water partition coefficient (Wildman–Crippen LogP) is -0.985. The molecule has 1 fully saturated rings. The Labute approximate surface area is 138 Å². The van der Waals surface area contributed by atoms with E-state index in [-0.39, 0.29) is 5.91 Å². The molecule has 0 aromatic carbocycles. The molecule has 0 bridgehead atoms. The van der Waals surface area contributed by atoms with E-state index < -0.39 is 11.2 Å². The topological polar surface area (TPSA) is 96.2 Å². The molecule has 9 nitrogen and oxygen atoms in total. The number of aryl methyl sites for hydroxylation is 2. The van der Waals surface area contributed by atoms with Gasteiger partial charge < -0.3 is 9.47 Å². The summed E-state index contributed by atoms with van der Waals surface area (Å²) in [5, 5.41) is 0. The molecule has 1 aliphatic rings. The molecule has 1 aliphatic heterocycles. The van der Waals surface area contributed by atoms with E-state index in [1.807, 2.05) is 4.90 Å². The van der Waals surface area contributed by atoms with E-state index in [4.69, 9.17) is 0 Å². The van der Waals surface area contributed by atoms with Gasteiger partial charge in [0.05, 0.1) is 6.54 Å². The second kappa shape index (κ2) is 6.23. The Balaban J connectivity index is 1.88. The quantitative estimate of drug-likeness (QED) is 0.761. The Morgan fingerprint density at radius 3 is 2.58 bits per heavy atom. The van der Waals surface area contributed by atoms with E-state index in [0.29, 0.717) is 24.3 Å². The molecule has 130 valence electrons. The van der Waals surface area contributed by atoms with Crippen molar-refractivity contribution in [1.82, 2.24) is 28.9 Å². The zero-order valence-electron chi connectivity index (χ0n) is 14.2. The third-order valence-electron chi connectivity index (χ3n) is 4.63. The van der Waals surface area contributed by atoms with E-state index in [1.165, 1.54) is 4.57 Å². The molecule has 3 rings (SSSR count). The molecule has 2 aromatic rings. The zero-order valence-corrected chi connectivity index (χ0v) is 14.2. The van der Waals surface area contributed by atoms with E-state index in [9.17, 15) is 14.4 Å². The molecule has 0 aliphatic carbocycles. The van der Waals surface area contributed by atoms with Gasteiger partial charge in [-0.3, -0.25) is 24.0 Å². The summed E-state index contributed by atoms with van der Waals surface area (Å²) in [5.74, 6) is 0.828. The molecule has 0 unspecified atom stereocenters. The van der Waals surface area contributed by atoms with Crippen LogP contribution in [0.5, 0.6) is 0 Å². The van der Waals surface area contributed by atoms with Gasteiger partial charge >= 0.3 is 5.69 Å². The van der Waals surface area contributed by atoms with Gasteiger partial charge in [-0.05, 0) is 6.42 Å². The summed E-state index contributed by atoms with van der Waals surface area (Å²) in [6, 6.07) is 0. The summed E-state index contributed by atoms with van der Waals surface area (Å²) in [5.41, 5.74) is -0.106. The third kappa shape index (κ3) is 2.86. The van der Waals surface area contributed by atoms with Crippen LogP contribution in [-0.4, -0.2) is 61.0 Å². The standard InChI is InChI=1S/C15H22N6O3/c1-10(22)21-6-4-5-20(7-8-21)9-11-16-13-12(18(11)2)14(23)17-15(24)19(13)3/h4-9H2,1-3H3,(H,17,23,24). The van der Waals surface area contributed by atoms with Crippen LogP contribution < -0.4 is 11.2 Å². The fraction of sp³-hybridized carbons (Fsp3) is 0.600. The molecule has 0 atom stereocenters. The number of nitrogens with one attached hydrogen (secondary N) is 1. The van der Waals surface area contributed by atoms with Gasteiger partial charge in [-0.2, -0.15) is 0 Å². The summed E-state index contributed by atoms with van der Waals surface area (Å²) in [6.07, 6.45) is 0.905. The maximum Gasteiger partial charge on any atom is 0.329 e. The summed E-state index contributed by atoms with van der Waals surface area (Å²) < 4.78 is 3.08. The lowest BCUT2D eigenvalue weighted by molar-refractivity contribution is -0.128. The van der Waals surface area contributed by atoms with Crippen LogP contribution in [0.4, 0.5) is 0 Å². The summed E-state index contributed by atoms with van der Waals surface area (Å²) in [6.45, 7) is 5.25. The highest BCUT2D eigenvalue weighted by atomic mass is 16.2. The molecule has 9 heteroatoms. The number of nitrogens with zero attached hydrogens (tertiary/aromatic N) is 5. The van der Waals surface area contributed by atoms with Crippen molar-refractivity contribution in [3.05, 3.63) is 26.7 Å². The minimum atomic E-state index is -0.468. The number of amides is 1. The minimum Gasteiger partial charge on any atom is -0.342 e. The third-order valence-corrected chi connectivity index (χ3v) is 4.63. The number of H-pyrrole nitrogens is 1. The van der Waals surface area contributed by atoms with Crippen molar-refractivity contribution in [2.45, 2.75) is 19.9 Å². The molecule has 0 saturated carbocycles. The molecule has 0 spiro atoms. The van der Waals surface area contributed by atoms with Crippen LogP contribution in [0.25, 0.3) is 11.2 Å². The van der Waals surface area contributed by atoms with E-state index in [1.54, 1.807) is 25.6 Å². The van der Waals surface area contributed by atoms with Gasteiger partial charge in [0, 0.05) is 47.2 Å². The summed E-state index contributed by atoms with van der Waals surface area (Å²) in [4.78, 5) is 46.2. The largest absolute Gasteiger partial charge is 0.342 e. The number of rotatable bonds is 2. The van der Waals surface area contributed by atoms with Gasteiger partial charge in [-0.25, -0.2) is 9.78 Å². The lowest BCUT2D eigenvalue weighted by Crippen LogP contribution is -2.33. The second-order valence-corrected chi connectivity index (χ2v) is 6.21. The number of aromatic amines is 1. The van der Waals surface area contributed by atoms with Crippen molar-refractivity contribution in [2.75, 3.05) is 26.2 Å². The molecule has 1 saturated heterocycles. The fourth-order valence-corrected chi connectivity index (χ4v) is 3.14. The van der Waals surface area contributed by atoms with Crippen molar-refractivity contribution in [3.8, 4) is 0 Å². The van der Waals surface area contributed by atoms with Crippen molar-refractivity contribution in [2.24, 2.45) is 14.1 Å². The highest BCUT2D eigenvalue weighted by Gasteiger charge is 2.20. The van der Waals surface area contributed by atoms with Gasteiger partial charge in [0.25, 0.3) is 5.56 Å². The van der Waals surface area contributed by atoms with Gasteiger partial charge in [0.1, 0.15) is 5.82 Å². The van der Waals surface area contributed by atoms with Gasteiger partial charge in [0.15, 0.2) is 11.2 Å². The molecular formula is C15H22N6O3. The zero-order chi connectivity index (χ0) is 17.4. The van der Waals surface area contributed by atoms with E-state index in [0.717, 1.165) is 31.9 Å². The molecule has 1 amide bonds. The summed E-state index contributed by atoms with van der Waals surface area (Å²) >= 11 is 0. The van der Waals surface area contributed by atoms with Crippen LogP contribution in [0, 0.1) is 0 Å². The normalized spacial score (nSPS) is 16.5. The number of aromatic nitrogens is 4. The van der Waals surface area contributed by atoms with Crippen LogP contribution in [-0.2, 0) is 25.4 Å². The number of hydrogen-bond acceptors (Lipinski definition) is 5. The van der Waals surface area contributed by atoms with Crippen molar-refractivity contribution < 1.29 is 4.79 Å². The predicted molar refractivity (Wildman–Crippen MR) is 88.7 cm³/mol. The van der Waals surface area contributed by atoms with Crippen LogP contribution in [0.3, 0.4) is 0 Å². The molecule has 3 heterocycles. The van der Waals surface area contributed by atoms with Crippen LogP contribution in [0.2, 0.25) is 0 Å². The fourth-order valence-electron chi connectivity index (χ4n) is 3.14. The molecule has 1 N–H and O–H groups in total. The van der Waals surface area contributed by atoms with E-state index >= 15 is 0 Å². The van der Waals surface area contributed by atoms with Crippen molar-refractivity contribution in [3.63, 3.8) is 0 Å². The Bertz CT molecular complexity index is 893. The first kappa shape index (κ1) is 16.4. The Kier molecular flexibility index (Phi) is 4.27. The molecule has 2 aromatic heterocycles. The van der Waals surface area contributed by atoms with Crippen molar-refractivity contribution in [1.29, 1.82) is 0 Å². The molecule has 0 radical (unpaired) electrons. The van der Waals surface area contributed by atoms with Gasteiger partial charge in [0.2, 0.25) is 5.91 Å². The maximum absolute atomic E-state index is 12.1. The van der Waals surface area contributed by atoms with Gasteiger partial charge in [-0.1, -0.05) is 0 Å². The Morgan fingerprint density at radius 1 is 1.12 bits per heavy atom. The number of carbonyl (C=O) groups excluding carboxylic acids is 1. The highest BCUT2D eigenvalue weighted by molar-refractivity contribution is 5.73. The molecular weight excluding hydrogens is 312 g/mol. The average Bonchev–Trinajstić information content (AvgIpc) is 2.71. The number of fused-ring (bicyclic) bond motifs is 1. The first-order chi connectivity index (χ1) is 11.4. The smallest absolute Gasteiger partial charge is 0.329 e. The summed E-state index contributed by atoms with van der Waals surface area (Å²) in [7, 11) is 3.37. The highest BCUT2D eigenvalue weighted by Crippen LogP contribution is 2.12. The first-order valence-corrected chi connectivity index (χ1v) is 8.01.